The average molecular weight is 430 g/mol. The molecule has 2 fully saturated rings. The molecular weight excluding hydrogens is 409 g/mol. The topological polar surface area (TPSA) is 126 Å². The van der Waals surface area contributed by atoms with E-state index in [1.807, 2.05) is 11.0 Å². The number of nitrogens with two attached hydrogens (primary N) is 2. The van der Waals surface area contributed by atoms with Gasteiger partial charge in [0.25, 0.3) is 5.91 Å². The number of pyridine rings is 2. The highest BCUT2D eigenvalue weighted by atomic mass is 35.5. The molecule has 0 aromatic carbocycles. The van der Waals surface area contributed by atoms with E-state index in [4.69, 9.17) is 23.1 Å². The van der Waals surface area contributed by atoms with Gasteiger partial charge in [-0.25, -0.2) is 14.4 Å². The van der Waals surface area contributed by atoms with Gasteiger partial charge in [-0.15, -0.1) is 0 Å². The van der Waals surface area contributed by atoms with Gasteiger partial charge in [-0.3, -0.25) is 4.79 Å². The van der Waals surface area contributed by atoms with Crippen LogP contribution in [0.1, 0.15) is 36.0 Å². The molecule has 156 valence electrons. The molecule has 3 aromatic heterocycles. The maximum Gasteiger partial charge on any atom is 0.252 e. The van der Waals surface area contributed by atoms with E-state index in [9.17, 15) is 9.18 Å². The van der Waals surface area contributed by atoms with Gasteiger partial charge >= 0.3 is 0 Å². The van der Waals surface area contributed by atoms with Crippen LogP contribution in [-0.2, 0) is 0 Å². The second-order valence-corrected chi connectivity index (χ2v) is 8.29. The van der Waals surface area contributed by atoms with Gasteiger partial charge in [0.2, 0.25) is 0 Å². The number of anilines is 3. The highest BCUT2D eigenvalue weighted by Crippen LogP contribution is 2.42. The molecule has 2 aliphatic heterocycles. The van der Waals surface area contributed by atoms with Gasteiger partial charge in [0.1, 0.15) is 5.65 Å². The molecule has 0 saturated carbocycles. The molecule has 0 radical (unpaired) electrons. The summed E-state index contributed by atoms with van der Waals surface area (Å²) >= 11 is 6.05. The quantitative estimate of drug-likeness (QED) is 0.472. The van der Waals surface area contributed by atoms with Crippen LogP contribution in [0.2, 0.25) is 5.15 Å². The Morgan fingerprint density at radius 3 is 2.77 bits per heavy atom. The van der Waals surface area contributed by atoms with Gasteiger partial charge in [0.05, 0.1) is 16.9 Å². The fourth-order valence-electron chi connectivity index (χ4n) is 4.85. The van der Waals surface area contributed by atoms with Gasteiger partial charge < -0.3 is 26.7 Å². The second kappa shape index (κ2) is 7.02. The second-order valence-electron chi connectivity index (χ2n) is 7.93. The largest absolute Gasteiger partial charge is 0.396 e. The number of carbonyl (C=O) groups excluding carboxylic acids is 1. The number of aromatic nitrogens is 3. The van der Waals surface area contributed by atoms with Crippen LogP contribution < -0.4 is 21.7 Å². The molecule has 2 bridgehead atoms. The van der Waals surface area contributed by atoms with Gasteiger partial charge in [-0.1, -0.05) is 11.6 Å². The number of fused-ring (bicyclic) bond motifs is 3. The Hall–Kier alpha value is -3.07. The standard InChI is InChI=1S/C20H21ClFN7O/c21-17-15(23)7-14(22)20(28-17)29-10-1-2-11(29)6-9(5-10)27-16-12-3-4-25-19(12)26-8-13(16)18(24)30/h3-4,7-11H,1-2,5-6,23H2,(H2,24,30)(H2,25,26,27)/t9?,10-,11+. The van der Waals surface area contributed by atoms with Crippen LogP contribution in [-0.4, -0.2) is 39.0 Å². The van der Waals surface area contributed by atoms with Crippen molar-refractivity contribution in [1.29, 1.82) is 0 Å². The van der Waals surface area contributed by atoms with E-state index in [1.165, 1.54) is 12.3 Å². The lowest BCUT2D eigenvalue weighted by molar-refractivity contribution is 0.100. The lowest BCUT2D eigenvalue weighted by atomic mass is 9.96. The maximum atomic E-state index is 14.6. The van der Waals surface area contributed by atoms with Gasteiger partial charge in [-0.2, -0.15) is 0 Å². The molecule has 2 saturated heterocycles. The summed E-state index contributed by atoms with van der Waals surface area (Å²) in [6.07, 6.45) is 6.68. The molecule has 0 spiro atoms. The molecule has 6 N–H and O–H groups in total. The number of nitrogens with zero attached hydrogens (tertiary/aromatic N) is 3. The first-order valence-electron chi connectivity index (χ1n) is 9.84. The Morgan fingerprint density at radius 1 is 1.33 bits per heavy atom. The van der Waals surface area contributed by atoms with E-state index in [1.54, 1.807) is 6.20 Å². The molecule has 30 heavy (non-hydrogen) atoms. The van der Waals surface area contributed by atoms with E-state index >= 15 is 0 Å². The van der Waals surface area contributed by atoms with Gasteiger partial charge in [-0.05, 0) is 31.7 Å². The van der Waals surface area contributed by atoms with Crippen molar-refractivity contribution < 1.29 is 9.18 Å². The summed E-state index contributed by atoms with van der Waals surface area (Å²) in [6.45, 7) is 0. The first-order chi connectivity index (χ1) is 14.4. The van der Waals surface area contributed by atoms with Crippen molar-refractivity contribution in [3.8, 4) is 0 Å². The lowest BCUT2D eigenvalue weighted by Crippen LogP contribution is -2.48. The third-order valence-corrected chi connectivity index (χ3v) is 6.42. The van der Waals surface area contributed by atoms with Crippen molar-refractivity contribution in [2.45, 2.75) is 43.8 Å². The molecule has 1 unspecified atom stereocenters. The minimum Gasteiger partial charge on any atom is -0.396 e. The Bertz CT molecular complexity index is 1140. The number of primary amides is 1. The molecule has 10 heteroatoms. The highest BCUT2D eigenvalue weighted by molar-refractivity contribution is 6.31. The fraction of sp³-hybridized carbons (Fsp3) is 0.350. The zero-order valence-electron chi connectivity index (χ0n) is 16.0. The van der Waals surface area contributed by atoms with Crippen molar-refractivity contribution in [2.75, 3.05) is 16.0 Å². The third kappa shape index (κ3) is 3.00. The van der Waals surface area contributed by atoms with Crippen molar-refractivity contribution >= 4 is 45.7 Å². The molecule has 3 atom stereocenters. The van der Waals surface area contributed by atoms with Crippen molar-refractivity contribution in [1.82, 2.24) is 15.0 Å². The number of nitrogens with one attached hydrogen (secondary N) is 2. The third-order valence-electron chi connectivity index (χ3n) is 6.12. The van der Waals surface area contributed by atoms with Crippen LogP contribution in [0.5, 0.6) is 0 Å². The summed E-state index contributed by atoms with van der Waals surface area (Å²) in [5.41, 5.74) is 13.1. The van der Waals surface area contributed by atoms with Crippen molar-refractivity contribution in [3.63, 3.8) is 0 Å². The molecule has 3 aromatic rings. The zero-order valence-corrected chi connectivity index (χ0v) is 16.8. The normalized spacial score (nSPS) is 23.1. The number of hydrogen-bond acceptors (Lipinski definition) is 6. The minimum absolute atomic E-state index is 0.102. The summed E-state index contributed by atoms with van der Waals surface area (Å²) in [6, 6.07) is 3.43. The summed E-state index contributed by atoms with van der Waals surface area (Å²) in [5.74, 6) is -0.731. The number of carbonyl (C=O) groups is 1. The SMILES string of the molecule is NC(=O)c1cnc2[nH]ccc2c1NC1C[C@H]2CC[C@@H](C1)N2c1nc(Cl)c(N)cc1F. The number of amides is 1. The predicted molar refractivity (Wildman–Crippen MR) is 114 cm³/mol. The molecular formula is C20H21ClFN7O. The number of aromatic amines is 1. The molecule has 5 rings (SSSR count). The van der Waals surface area contributed by atoms with E-state index in [-0.39, 0.29) is 34.8 Å². The minimum atomic E-state index is -0.531. The summed E-state index contributed by atoms with van der Waals surface area (Å²) in [5, 5.41) is 4.45. The van der Waals surface area contributed by atoms with Crippen LogP contribution in [0.15, 0.2) is 24.5 Å². The molecule has 8 nitrogen and oxygen atoms in total. The van der Waals surface area contributed by atoms with Crippen LogP contribution in [0, 0.1) is 5.82 Å². The maximum absolute atomic E-state index is 14.6. The number of rotatable bonds is 4. The van der Waals surface area contributed by atoms with Crippen molar-refractivity contribution in [3.05, 3.63) is 41.1 Å². The molecule has 1 amide bonds. The predicted octanol–water partition coefficient (Wildman–Crippen LogP) is 3.04. The summed E-state index contributed by atoms with van der Waals surface area (Å²) < 4.78 is 14.6. The van der Waals surface area contributed by atoms with E-state index in [2.05, 4.69) is 20.3 Å². The van der Waals surface area contributed by atoms with Crippen LogP contribution in [0.3, 0.4) is 0 Å². The number of hydrogen-bond donors (Lipinski definition) is 4. The van der Waals surface area contributed by atoms with Crippen molar-refractivity contribution in [2.24, 2.45) is 5.73 Å². The van der Waals surface area contributed by atoms with Crippen LogP contribution in [0.25, 0.3) is 11.0 Å². The average Bonchev–Trinajstić information content (AvgIpc) is 3.27. The van der Waals surface area contributed by atoms with E-state index < -0.39 is 11.7 Å². The lowest BCUT2D eigenvalue weighted by Gasteiger charge is -2.40. The number of H-pyrrole nitrogens is 1. The summed E-state index contributed by atoms with van der Waals surface area (Å²) in [7, 11) is 0. The van der Waals surface area contributed by atoms with Crippen LogP contribution >= 0.6 is 11.6 Å². The Balaban J connectivity index is 1.43. The number of piperidine rings is 1. The molecule has 2 aliphatic rings. The first-order valence-corrected chi connectivity index (χ1v) is 10.2. The van der Waals surface area contributed by atoms with Crippen LogP contribution in [0.4, 0.5) is 21.6 Å². The monoisotopic (exact) mass is 429 g/mol. The smallest absolute Gasteiger partial charge is 0.252 e. The van der Waals surface area contributed by atoms with E-state index in [0.717, 1.165) is 31.1 Å². The number of nitrogen functional groups attached to an aromatic ring is 1. The van der Waals surface area contributed by atoms with Gasteiger partial charge in [0.15, 0.2) is 16.8 Å². The number of halogens is 2. The van der Waals surface area contributed by atoms with Gasteiger partial charge in [0, 0.05) is 42.0 Å². The Morgan fingerprint density at radius 2 is 2.07 bits per heavy atom. The summed E-state index contributed by atoms with van der Waals surface area (Å²) in [4.78, 5) is 25.5. The molecule has 5 heterocycles. The Kier molecular flexibility index (Phi) is 4.43. The zero-order chi connectivity index (χ0) is 21.0. The fourth-order valence-corrected chi connectivity index (χ4v) is 4.98. The molecule has 0 aliphatic carbocycles. The highest BCUT2D eigenvalue weighted by Gasteiger charge is 2.43. The Labute approximate surface area is 176 Å². The first kappa shape index (κ1) is 18.9. The van der Waals surface area contributed by atoms with E-state index in [0.29, 0.717) is 16.9 Å².